The van der Waals surface area contributed by atoms with Gasteiger partial charge in [-0.2, -0.15) is 0 Å². The fourth-order valence-electron chi connectivity index (χ4n) is 0.440. The number of nitrogens with two attached hydrogens (primary N) is 1. The van der Waals surface area contributed by atoms with Gasteiger partial charge in [-0.15, -0.1) is 10.1 Å². The van der Waals surface area contributed by atoms with E-state index in [2.05, 4.69) is 0 Å². The summed E-state index contributed by atoms with van der Waals surface area (Å²) < 4.78 is 0. The maximum atomic E-state index is 8.36. The van der Waals surface area contributed by atoms with Gasteiger partial charge in [0.25, 0.3) is 5.09 Å². The molecule has 3 N–H and O–H groups in total. The van der Waals surface area contributed by atoms with E-state index in [1.807, 2.05) is 0 Å². The maximum absolute atomic E-state index is 8.36. The zero-order valence-electron chi connectivity index (χ0n) is 4.99. The van der Waals surface area contributed by atoms with E-state index in [0.29, 0.717) is 6.04 Å². The van der Waals surface area contributed by atoms with Crippen molar-refractivity contribution in [1.82, 2.24) is 0 Å². The molecule has 1 aliphatic rings. The van der Waals surface area contributed by atoms with Crippen molar-refractivity contribution in [2.24, 2.45) is 5.73 Å². The van der Waals surface area contributed by atoms with E-state index >= 15 is 0 Å². The van der Waals surface area contributed by atoms with Crippen LogP contribution in [0.1, 0.15) is 19.3 Å². The normalized spacial score (nSPS) is 17.0. The summed E-state index contributed by atoms with van der Waals surface area (Å²) in [6.45, 7) is 0. The average Bonchev–Trinajstić information content (AvgIpc) is 1.59. The van der Waals surface area contributed by atoms with Gasteiger partial charge in [-0.25, -0.2) is 0 Å². The van der Waals surface area contributed by atoms with Crippen LogP contribution in [0.3, 0.4) is 0 Å². The van der Waals surface area contributed by atoms with Crippen molar-refractivity contribution < 1.29 is 10.3 Å². The van der Waals surface area contributed by atoms with E-state index in [1.165, 1.54) is 19.3 Å². The summed E-state index contributed by atoms with van der Waals surface area (Å²) >= 11 is 0. The van der Waals surface area contributed by atoms with Crippen molar-refractivity contribution >= 4 is 0 Å². The SMILES string of the molecule is NC1CCC1.O=[N+]([O-])O. The summed E-state index contributed by atoms with van der Waals surface area (Å²) in [5, 5.41) is 13.6. The van der Waals surface area contributed by atoms with Crippen LogP contribution >= 0.6 is 0 Å². The van der Waals surface area contributed by atoms with Crippen molar-refractivity contribution in [2.75, 3.05) is 0 Å². The number of hydrogen-bond donors (Lipinski definition) is 2. The molecule has 1 saturated carbocycles. The summed E-state index contributed by atoms with van der Waals surface area (Å²) in [6, 6.07) is 0.565. The molecule has 1 rings (SSSR count). The first-order valence-corrected chi connectivity index (χ1v) is 2.71. The monoisotopic (exact) mass is 134 g/mol. The van der Waals surface area contributed by atoms with Gasteiger partial charge in [-0.05, 0) is 12.8 Å². The fraction of sp³-hybridized carbons (Fsp3) is 1.00. The lowest BCUT2D eigenvalue weighted by Gasteiger charge is -2.18. The van der Waals surface area contributed by atoms with Crippen LogP contribution in [0, 0.1) is 10.1 Å². The average molecular weight is 134 g/mol. The molecule has 0 unspecified atom stereocenters. The molecule has 0 aliphatic heterocycles. The van der Waals surface area contributed by atoms with E-state index in [0.717, 1.165) is 0 Å². The van der Waals surface area contributed by atoms with E-state index in [-0.39, 0.29) is 0 Å². The van der Waals surface area contributed by atoms with Crippen LogP contribution in [0.2, 0.25) is 0 Å². The Labute approximate surface area is 52.6 Å². The van der Waals surface area contributed by atoms with Gasteiger partial charge in [-0.1, -0.05) is 6.42 Å². The second kappa shape index (κ2) is 4.08. The Balaban J connectivity index is 0.000000148. The Morgan fingerprint density at radius 1 is 1.67 bits per heavy atom. The molecule has 0 spiro atoms. The topological polar surface area (TPSA) is 89.4 Å². The molecule has 0 saturated heterocycles. The highest BCUT2D eigenvalue weighted by Crippen LogP contribution is 2.14. The molecule has 0 radical (unpaired) electrons. The van der Waals surface area contributed by atoms with Crippen molar-refractivity contribution in [3.05, 3.63) is 10.1 Å². The van der Waals surface area contributed by atoms with Crippen molar-refractivity contribution in [2.45, 2.75) is 25.3 Å². The van der Waals surface area contributed by atoms with Crippen molar-refractivity contribution in [3.8, 4) is 0 Å². The number of hydrogen-bond acceptors (Lipinski definition) is 3. The molecule has 0 aromatic carbocycles. The molecule has 0 atom stereocenters. The second-order valence-electron chi connectivity index (χ2n) is 1.93. The van der Waals surface area contributed by atoms with E-state index < -0.39 is 5.09 Å². The van der Waals surface area contributed by atoms with Crippen molar-refractivity contribution in [1.29, 1.82) is 0 Å². The lowest BCUT2D eigenvalue weighted by Crippen LogP contribution is -2.27. The molecule has 0 aromatic heterocycles. The molecule has 0 amide bonds. The van der Waals surface area contributed by atoms with Gasteiger partial charge in [0.1, 0.15) is 0 Å². The highest BCUT2D eigenvalue weighted by Gasteiger charge is 2.09. The van der Waals surface area contributed by atoms with Gasteiger partial charge >= 0.3 is 0 Å². The Morgan fingerprint density at radius 2 is 1.89 bits per heavy atom. The molecule has 1 aliphatic carbocycles. The molecule has 1 fully saturated rings. The largest absolute Gasteiger partial charge is 0.328 e. The van der Waals surface area contributed by atoms with Gasteiger partial charge in [0.2, 0.25) is 0 Å². The van der Waals surface area contributed by atoms with Gasteiger partial charge in [0.15, 0.2) is 0 Å². The third-order valence-corrected chi connectivity index (χ3v) is 1.15. The molecular weight excluding hydrogens is 124 g/mol. The summed E-state index contributed by atoms with van der Waals surface area (Å²) in [4.78, 5) is 8.36. The van der Waals surface area contributed by atoms with Crippen LogP contribution in [0.15, 0.2) is 0 Å². The zero-order chi connectivity index (χ0) is 7.28. The highest BCUT2D eigenvalue weighted by atomic mass is 16.9. The summed E-state index contributed by atoms with van der Waals surface area (Å²) in [6.07, 6.45) is 3.89. The van der Waals surface area contributed by atoms with E-state index in [4.69, 9.17) is 21.1 Å². The van der Waals surface area contributed by atoms with Gasteiger partial charge in [0, 0.05) is 6.04 Å². The predicted molar refractivity (Wildman–Crippen MR) is 30.6 cm³/mol. The summed E-state index contributed by atoms with van der Waals surface area (Å²) in [7, 11) is 0. The first kappa shape index (κ1) is 8.16. The standard InChI is InChI=1S/C4H9N.HNO3/c5-4-2-1-3-4;2-1(3)4/h4H,1-3,5H2;(H,2,3,4). The quantitative estimate of drug-likeness (QED) is 0.364. The third kappa shape index (κ3) is 7.16. The Hall–Kier alpha value is -0.840. The van der Waals surface area contributed by atoms with Crippen LogP contribution < -0.4 is 5.73 Å². The van der Waals surface area contributed by atoms with E-state index in [9.17, 15) is 0 Å². The molecular formula is C4H10N2O3. The highest BCUT2D eigenvalue weighted by molar-refractivity contribution is 4.70. The minimum absolute atomic E-state index is 0.565. The molecule has 9 heavy (non-hydrogen) atoms. The van der Waals surface area contributed by atoms with Crippen LogP contribution in [0.25, 0.3) is 0 Å². The molecule has 5 heteroatoms. The van der Waals surface area contributed by atoms with Crippen LogP contribution in [-0.4, -0.2) is 16.3 Å². The van der Waals surface area contributed by atoms with E-state index in [1.54, 1.807) is 0 Å². The number of nitrogens with zero attached hydrogens (tertiary/aromatic N) is 1. The van der Waals surface area contributed by atoms with Gasteiger partial charge in [0.05, 0.1) is 0 Å². The van der Waals surface area contributed by atoms with Crippen LogP contribution in [0.5, 0.6) is 0 Å². The zero-order valence-corrected chi connectivity index (χ0v) is 4.99. The Bertz CT molecular complexity index is 87.8. The van der Waals surface area contributed by atoms with Crippen molar-refractivity contribution in [3.63, 3.8) is 0 Å². The fourth-order valence-corrected chi connectivity index (χ4v) is 0.440. The van der Waals surface area contributed by atoms with Crippen LogP contribution in [0.4, 0.5) is 0 Å². The molecule has 0 bridgehead atoms. The van der Waals surface area contributed by atoms with Gasteiger partial charge < -0.3 is 10.9 Å². The molecule has 0 aromatic rings. The van der Waals surface area contributed by atoms with Gasteiger partial charge in [-0.3, -0.25) is 0 Å². The maximum Gasteiger partial charge on any atom is 0.291 e. The minimum atomic E-state index is -1.50. The predicted octanol–water partition coefficient (Wildman–Crippen LogP) is 0.150. The smallest absolute Gasteiger partial charge is 0.291 e. The molecule has 0 heterocycles. The lowest BCUT2D eigenvalue weighted by atomic mass is 9.95. The summed E-state index contributed by atoms with van der Waals surface area (Å²) in [5.74, 6) is 0. The summed E-state index contributed by atoms with van der Waals surface area (Å²) in [5.41, 5.74) is 5.38. The first-order valence-electron chi connectivity index (χ1n) is 2.71. The molecule has 54 valence electrons. The molecule has 5 nitrogen and oxygen atoms in total. The minimum Gasteiger partial charge on any atom is -0.328 e. The third-order valence-electron chi connectivity index (χ3n) is 1.15. The lowest BCUT2D eigenvalue weighted by molar-refractivity contribution is -0.742. The second-order valence-corrected chi connectivity index (χ2v) is 1.93. The van der Waals surface area contributed by atoms with Crippen LogP contribution in [-0.2, 0) is 0 Å². The Kier molecular flexibility index (Phi) is 3.70. The first-order chi connectivity index (χ1) is 4.13. The number of rotatable bonds is 0. The Morgan fingerprint density at radius 3 is 1.89 bits per heavy atom.